The van der Waals surface area contributed by atoms with E-state index >= 15 is 0 Å². The summed E-state index contributed by atoms with van der Waals surface area (Å²) in [6.07, 6.45) is 5.52. The number of hydrogen-bond acceptors (Lipinski definition) is 3. The second kappa shape index (κ2) is 3.46. The number of ether oxygens (including phenoxy) is 1. The van der Waals surface area contributed by atoms with Crippen LogP contribution in [0, 0.1) is 29.6 Å². The second-order valence-electron chi connectivity index (χ2n) is 7.31. The van der Waals surface area contributed by atoms with Crippen LogP contribution in [0.4, 0.5) is 0 Å². The molecule has 4 nitrogen and oxygen atoms in total. The van der Waals surface area contributed by atoms with Crippen LogP contribution in [0.15, 0.2) is 0 Å². The highest BCUT2D eigenvalue weighted by molar-refractivity contribution is 5.98. The molecule has 2 bridgehead atoms. The predicted octanol–water partition coefficient (Wildman–Crippen LogP) is 1.58. The number of carbonyl (C=O) groups excluding carboxylic acids is 2. The Morgan fingerprint density at radius 3 is 2.75 bits per heavy atom. The molecule has 3 aliphatic carbocycles. The van der Waals surface area contributed by atoms with Crippen molar-refractivity contribution in [1.29, 1.82) is 0 Å². The molecule has 6 atom stereocenters. The Kier molecular flexibility index (Phi) is 2.03. The molecular formula is C16H21NO3. The molecule has 6 unspecified atom stereocenters. The van der Waals surface area contributed by atoms with Gasteiger partial charge in [-0.05, 0) is 26.2 Å². The monoisotopic (exact) mass is 275 g/mol. The molecule has 2 saturated heterocycles. The predicted molar refractivity (Wildman–Crippen MR) is 70.5 cm³/mol. The Hall–Kier alpha value is -0.900. The maximum absolute atomic E-state index is 12.8. The maximum atomic E-state index is 12.8. The number of amides is 1. The van der Waals surface area contributed by atoms with Crippen molar-refractivity contribution in [3.63, 3.8) is 0 Å². The molecule has 1 amide bonds. The van der Waals surface area contributed by atoms with Crippen LogP contribution >= 0.6 is 0 Å². The van der Waals surface area contributed by atoms with Crippen LogP contribution in [0.2, 0.25) is 0 Å². The molecule has 2 aliphatic heterocycles. The molecule has 5 fully saturated rings. The molecule has 2 heterocycles. The van der Waals surface area contributed by atoms with E-state index in [4.69, 9.17) is 4.74 Å². The van der Waals surface area contributed by atoms with Crippen LogP contribution in [0.3, 0.4) is 0 Å². The Morgan fingerprint density at radius 2 is 2.05 bits per heavy atom. The fourth-order valence-electron chi connectivity index (χ4n) is 6.37. The van der Waals surface area contributed by atoms with Crippen molar-refractivity contribution in [1.82, 2.24) is 4.90 Å². The van der Waals surface area contributed by atoms with E-state index in [1.54, 1.807) is 0 Å². The molecule has 0 aromatic carbocycles. The highest BCUT2D eigenvalue weighted by Gasteiger charge is 2.79. The number of likely N-dealkylation sites (tertiary alicyclic amines) is 1. The molecule has 0 aromatic heterocycles. The Labute approximate surface area is 118 Å². The van der Waals surface area contributed by atoms with Crippen LogP contribution in [-0.2, 0) is 14.3 Å². The fraction of sp³-hybridized carbons (Fsp3) is 0.875. The van der Waals surface area contributed by atoms with Crippen molar-refractivity contribution >= 4 is 11.7 Å². The largest absolute Gasteiger partial charge is 0.344 e. The van der Waals surface area contributed by atoms with Gasteiger partial charge < -0.3 is 9.64 Å². The van der Waals surface area contributed by atoms with Crippen molar-refractivity contribution in [2.45, 2.75) is 50.9 Å². The molecule has 0 radical (unpaired) electrons. The number of carbonyl (C=O) groups is 2. The maximum Gasteiger partial charge on any atom is 0.229 e. The summed E-state index contributed by atoms with van der Waals surface area (Å²) in [5.41, 5.74) is -0.413. The minimum Gasteiger partial charge on any atom is -0.344 e. The van der Waals surface area contributed by atoms with Gasteiger partial charge in [0.1, 0.15) is 6.10 Å². The average Bonchev–Trinajstić information content (AvgIpc) is 3.17. The average molecular weight is 275 g/mol. The second-order valence-corrected chi connectivity index (χ2v) is 7.31. The van der Waals surface area contributed by atoms with E-state index in [0.717, 1.165) is 25.8 Å². The summed E-state index contributed by atoms with van der Waals surface area (Å²) in [5.74, 6) is 1.47. The van der Waals surface area contributed by atoms with Crippen molar-refractivity contribution in [2.24, 2.45) is 29.6 Å². The summed E-state index contributed by atoms with van der Waals surface area (Å²) in [7, 11) is 0. The minimum absolute atomic E-state index is 0.0256. The third-order valence-electron chi connectivity index (χ3n) is 6.87. The fourth-order valence-corrected chi connectivity index (χ4v) is 6.37. The van der Waals surface area contributed by atoms with Gasteiger partial charge in [-0.15, -0.1) is 0 Å². The number of Topliss-reactive ketones (excluding diaryl/α,β-unsaturated/α-hetero) is 1. The first-order chi connectivity index (χ1) is 9.70. The van der Waals surface area contributed by atoms with Gasteiger partial charge in [0, 0.05) is 30.2 Å². The standard InChI is InChI=1S/C16H21NO3/c1-2-17-15(19)11-9-7-10-12(11)16(17,8-5-3-4-6-8)20-14(10)13(9)18/h8-12,14H,2-7H2,1H3. The number of rotatable bonds is 2. The molecule has 0 aromatic rings. The Morgan fingerprint density at radius 1 is 1.30 bits per heavy atom. The van der Waals surface area contributed by atoms with Crippen molar-refractivity contribution in [3.8, 4) is 0 Å². The van der Waals surface area contributed by atoms with E-state index in [1.807, 2.05) is 4.90 Å². The molecule has 5 aliphatic rings. The number of ketones is 1. The van der Waals surface area contributed by atoms with Gasteiger partial charge in [0.15, 0.2) is 11.5 Å². The summed E-state index contributed by atoms with van der Waals surface area (Å²) in [4.78, 5) is 27.3. The van der Waals surface area contributed by atoms with Crippen LogP contribution in [-0.4, -0.2) is 35.0 Å². The first kappa shape index (κ1) is 11.7. The first-order valence-electron chi connectivity index (χ1n) is 8.23. The van der Waals surface area contributed by atoms with Gasteiger partial charge in [0.2, 0.25) is 5.91 Å². The van der Waals surface area contributed by atoms with Crippen molar-refractivity contribution < 1.29 is 14.3 Å². The summed E-state index contributed by atoms with van der Waals surface area (Å²) in [6.45, 7) is 2.78. The zero-order valence-electron chi connectivity index (χ0n) is 11.9. The SMILES string of the molecule is CCN1C(=O)C2C3CC4C(OC1(C1CCCC1)C42)C3=O. The van der Waals surface area contributed by atoms with Gasteiger partial charge in [-0.3, -0.25) is 9.59 Å². The molecule has 4 heteroatoms. The van der Waals surface area contributed by atoms with Gasteiger partial charge in [-0.1, -0.05) is 12.8 Å². The molecule has 108 valence electrons. The highest BCUT2D eigenvalue weighted by Crippen LogP contribution is 2.69. The lowest BCUT2D eigenvalue weighted by atomic mass is 9.74. The van der Waals surface area contributed by atoms with Gasteiger partial charge in [-0.25, -0.2) is 0 Å². The van der Waals surface area contributed by atoms with Gasteiger partial charge in [0.25, 0.3) is 0 Å². The zero-order chi connectivity index (χ0) is 13.6. The highest BCUT2D eigenvalue weighted by atomic mass is 16.5. The van der Waals surface area contributed by atoms with Crippen LogP contribution in [0.5, 0.6) is 0 Å². The van der Waals surface area contributed by atoms with Crippen LogP contribution in [0.1, 0.15) is 39.0 Å². The van der Waals surface area contributed by atoms with Gasteiger partial charge in [0.05, 0.1) is 5.92 Å². The number of nitrogens with zero attached hydrogens (tertiary/aromatic N) is 1. The Bertz CT molecular complexity index is 512. The molecule has 20 heavy (non-hydrogen) atoms. The lowest BCUT2D eigenvalue weighted by Gasteiger charge is -2.42. The van der Waals surface area contributed by atoms with E-state index < -0.39 is 5.72 Å². The lowest BCUT2D eigenvalue weighted by molar-refractivity contribution is -0.185. The molecular weight excluding hydrogens is 254 g/mol. The van der Waals surface area contributed by atoms with Crippen molar-refractivity contribution in [3.05, 3.63) is 0 Å². The summed E-state index contributed by atoms with van der Waals surface area (Å²) in [6, 6.07) is 0. The Balaban J connectivity index is 1.69. The zero-order valence-corrected chi connectivity index (χ0v) is 11.9. The van der Waals surface area contributed by atoms with Gasteiger partial charge >= 0.3 is 0 Å². The van der Waals surface area contributed by atoms with Crippen LogP contribution in [0.25, 0.3) is 0 Å². The van der Waals surface area contributed by atoms with Crippen molar-refractivity contribution in [2.75, 3.05) is 6.54 Å². The minimum atomic E-state index is -0.413. The quantitative estimate of drug-likeness (QED) is 0.769. The summed E-state index contributed by atoms with van der Waals surface area (Å²) in [5, 5.41) is 0. The molecule has 3 saturated carbocycles. The number of hydrogen-bond donors (Lipinski definition) is 0. The normalized spacial score (nSPS) is 52.9. The van der Waals surface area contributed by atoms with E-state index in [2.05, 4.69) is 6.92 Å². The lowest BCUT2D eigenvalue weighted by Crippen LogP contribution is -2.54. The molecule has 0 N–H and O–H groups in total. The van der Waals surface area contributed by atoms with E-state index in [0.29, 0.717) is 17.8 Å². The molecule has 0 spiro atoms. The third kappa shape index (κ3) is 0.984. The number of fused-ring (bicyclic) bond motifs is 2. The van der Waals surface area contributed by atoms with E-state index in [9.17, 15) is 9.59 Å². The van der Waals surface area contributed by atoms with Crippen LogP contribution < -0.4 is 0 Å². The summed E-state index contributed by atoms with van der Waals surface area (Å²) >= 11 is 0. The van der Waals surface area contributed by atoms with Gasteiger partial charge in [-0.2, -0.15) is 0 Å². The third-order valence-corrected chi connectivity index (χ3v) is 6.87. The van der Waals surface area contributed by atoms with E-state index in [1.165, 1.54) is 12.8 Å². The molecule has 5 rings (SSSR count). The smallest absolute Gasteiger partial charge is 0.229 e. The first-order valence-corrected chi connectivity index (χ1v) is 8.23. The van der Waals surface area contributed by atoms with E-state index in [-0.39, 0.29) is 29.6 Å². The topological polar surface area (TPSA) is 46.6 Å². The summed E-state index contributed by atoms with van der Waals surface area (Å²) < 4.78 is 6.44.